The van der Waals surface area contributed by atoms with Gasteiger partial charge in [-0.05, 0) is 12.1 Å². The van der Waals surface area contributed by atoms with Crippen LogP contribution in [-0.4, -0.2) is 26.1 Å². The van der Waals surface area contributed by atoms with Crippen molar-refractivity contribution in [3.8, 4) is 11.4 Å². The molecule has 0 aliphatic carbocycles. The van der Waals surface area contributed by atoms with E-state index in [2.05, 4.69) is 19.8 Å². The van der Waals surface area contributed by atoms with E-state index in [1.807, 2.05) is 0 Å². The number of rotatable bonds is 2. The summed E-state index contributed by atoms with van der Waals surface area (Å²) >= 11 is 5.90. The minimum absolute atomic E-state index is 0.217. The average molecular weight is 315 g/mol. The third kappa shape index (κ3) is 2.75. The maximum absolute atomic E-state index is 12.2. The van der Waals surface area contributed by atoms with Gasteiger partial charge in [0.05, 0.1) is 17.3 Å². The van der Waals surface area contributed by atoms with Gasteiger partial charge in [-0.2, -0.15) is 5.10 Å². The molecule has 3 aromatic rings. The Hall–Kier alpha value is -2.35. The van der Waals surface area contributed by atoms with Gasteiger partial charge in [0.2, 0.25) is 0 Å². The van der Waals surface area contributed by atoms with Crippen molar-refractivity contribution in [2.75, 3.05) is 0 Å². The van der Waals surface area contributed by atoms with Crippen molar-refractivity contribution in [2.24, 2.45) is 0 Å². The zero-order valence-corrected chi connectivity index (χ0v) is 10.9. The molecule has 0 spiro atoms. The van der Waals surface area contributed by atoms with Crippen molar-refractivity contribution in [3.05, 3.63) is 41.9 Å². The molecule has 3 rings (SSSR count). The van der Waals surface area contributed by atoms with Gasteiger partial charge in [0, 0.05) is 6.07 Å². The molecule has 0 radical (unpaired) electrons. The Morgan fingerprint density at radius 1 is 1.19 bits per heavy atom. The maximum Gasteiger partial charge on any atom is 0.573 e. The molecule has 0 N–H and O–H groups in total. The number of alkyl halides is 3. The van der Waals surface area contributed by atoms with Crippen LogP contribution in [0.2, 0.25) is 5.15 Å². The molecule has 0 aliphatic rings. The van der Waals surface area contributed by atoms with Crippen molar-refractivity contribution in [3.63, 3.8) is 0 Å². The lowest BCUT2D eigenvalue weighted by Gasteiger charge is -2.10. The van der Waals surface area contributed by atoms with E-state index in [0.29, 0.717) is 16.7 Å². The van der Waals surface area contributed by atoms with Crippen LogP contribution in [0.3, 0.4) is 0 Å². The van der Waals surface area contributed by atoms with Crippen LogP contribution in [-0.2, 0) is 0 Å². The molecular weight excluding hydrogens is 309 g/mol. The fraction of sp³-hybridized carbons (Fsp3) is 0.0833. The number of nitrogens with zero attached hydrogens (tertiary/aromatic N) is 4. The second-order valence-corrected chi connectivity index (χ2v) is 4.36. The molecule has 0 fully saturated rings. The van der Waals surface area contributed by atoms with E-state index in [4.69, 9.17) is 11.6 Å². The lowest BCUT2D eigenvalue weighted by molar-refractivity contribution is -0.274. The molecule has 2 heterocycles. The van der Waals surface area contributed by atoms with Crippen molar-refractivity contribution in [2.45, 2.75) is 6.36 Å². The predicted octanol–water partition coefficient (Wildman–Crippen LogP) is 3.37. The Balaban J connectivity index is 2.07. The van der Waals surface area contributed by atoms with Gasteiger partial charge in [0.1, 0.15) is 17.2 Å². The second-order valence-electron chi connectivity index (χ2n) is 4.00. The van der Waals surface area contributed by atoms with Crippen LogP contribution >= 0.6 is 11.6 Å². The molecule has 21 heavy (non-hydrogen) atoms. The van der Waals surface area contributed by atoms with Crippen LogP contribution in [0.5, 0.6) is 5.75 Å². The Labute approximate surface area is 120 Å². The van der Waals surface area contributed by atoms with Crippen molar-refractivity contribution in [1.29, 1.82) is 0 Å². The molecule has 5 nitrogen and oxygen atoms in total. The average Bonchev–Trinajstić information content (AvgIpc) is 2.82. The van der Waals surface area contributed by atoms with E-state index in [1.165, 1.54) is 35.4 Å². The minimum atomic E-state index is -4.75. The van der Waals surface area contributed by atoms with Gasteiger partial charge in [-0.1, -0.05) is 17.7 Å². The van der Waals surface area contributed by atoms with E-state index < -0.39 is 6.36 Å². The SMILES string of the molecule is FC(F)(F)Oc1cccc(-n2ncc3c(Cl)ncnc32)c1. The van der Waals surface area contributed by atoms with Gasteiger partial charge >= 0.3 is 6.36 Å². The first-order valence-corrected chi connectivity index (χ1v) is 6.02. The Kier molecular flexibility index (Phi) is 3.17. The molecule has 0 atom stereocenters. The zero-order valence-electron chi connectivity index (χ0n) is 10.2. The molecule has 0 saturated heterocycles. The predicted molar refractivity (Wildman–Crippen MR) is 68.4 cm³/mol. The standard InChI is InChI=1S/C12H6ClF3N4O/c13-10-9-5-19-20(11(9)18-6-17-10)7-2-1-3-8(4-7)21-12(14,15)16/h1-6H. The monoisotopic (exact) mass is 314 g/mol. The van der Waals surface area contributed by atoms with Crippen LogP contribution in [0.4, 0.5) is 13.2 Å². The summed E-state index contributed by atoms with van der Waals surface area (Å²) in [5.74, 6) is -0.344. The molecule has 108 valence electrons. The number of benzene rings is 1. The van der Waals surface area contributed by atoms with E-state index in [1.54, 1.807) is 6.07 Å². The summed E-state index contributed by atoms with van der Waals surface area (Å²) in [6.45, 7) is 0. The molecule has 2 aromatic heterocycles. The lowest BCUT2D eigenvalue weighted by atomic mass is 10.3. The zero-order chi connectivity index (χ0) is 15.0. The normalized spacial score (nSPS) is 11.8. The molecule has 0 amide bonds. The fourth-order valence-corrected chi connectivity index (χ4v) is 1.99. The third-order valence-corrected chi connectivity index (χ3v) is 2.91. The highest BCUT2D eigenvalue weighted by Crippen LogP contribution is 2.26. The quantitative estimate of drug-likeness (QED) is 0.681. The molecule has 0 unspecified atom stereocenters. The summed E-state index contributed by atoms with van der Waals surface area (Å²) in [4.78, 5) is 7.83. The van der Waals surface area contributed by atoms with Crippen molar-refractivity contribution in [1.82, 2.24) is 19.7 Å². The molecular formula is C12H6ClF3N4O. The van der Waals surface area contributed by atoms with Gasteiger partial charge in [-0.25, -0.2) is 14.6 Å². The van der Waals surface area contributed by atoms with Crippen LogP contribution < -0.4 is 4.74 Å². The maximum atomic E-state index is 12.2. The fourth-order valence-electron chi connectivity index (χ4n) is 1.82. The van der Waals surface area contributed by atoms with E-state index in [0.717, 1.165) is 0 Å². The summed E-state index contributed by atoms with van der Waals surface area (Å²) < 4.78 is 41.9. The number of hydrogen-bond acceptors (Lipinski definition) is 4. The first-order valence-electron chi connectivity index (χ1n) is 5.64. The summed E-state index contributed by atoms with van der Waals surface area (Å²) in [6, 6.07) is 5.40. The van der Waals surface area contributed by atoms with E-state index in [9.17, 15) is 13.2 Å². The summed E-state index contributed by atoms with van der Waals surface area (Å²) in [5, 5.41) is 4.77. The van der Waals surface area contributed by atoms with E-state index in [-0.39, 0.29) is 10.9 Å². The lowest BCUT2D eigenvalue weighted by Crippen LogP contribution is -2.17. The number of halogens is 4. The summed E-state index contributed by atoms with van der Waals surface area (Å²) in [5.41, 5.74) is 0.751. The topological polar surface area (TPSA) is 52.8 Å². The number of fused-ring (bicyclic) bond motifs is 1. The smallest absolute Gasteiger partial charge is 0.406 e. The van der Waals surface area contributed by atoms with Gasteiger partial charge in [0.15, 0.2) is 5.65 Å². The highest BCUT2D eigenvalue weighted by Gasteiger charge is 2.31. The summed E-state index contributed by atoms with van der Waals surface area (Å²) in [7, 11) is 0. The number of ether oxygens (including phenoxy) is 1. The van der Waals surface area contributed by atoms with Crippen LogP contribution in [0.1, 0.15) is 0 Å². The molecule has 0 aliphatic heterocycles. The first-order chi connectivity index (χ1) is 9.94. The van der Waals surface area contributed by atoms with Crippen LogP contribution in [0.25, 0.3) is 16.7 Å². The molecule has 0 saturated carbocycles. The highest BCUT2D eigenvalue weighted by atomic mass is 35.5. The molecule has 0 bridgehead atoms. The van der Waals surface area contributed by atoms with Crippen LogP contribution in [0.15, 0.2) is 36.8 Å². The largest absolute Gasteiger partial charge is 0.573 e. The van der Waals surface area contributed by atoms with E-state index >= 15 is 0 Å². The molecule has 9 heteroatoms. The number of aromatic nitrogens is 4. The van der Waals surface area contributed by atoms with Gasteiger partial charge in [0.25, 0.3) is 0 Å². The highest BCUT2D eigenvalue weighted by molar-refractivity contribution is 6.33. The second kappa shape index (κ2) is 4.88. The Morgan fingerprint density at radius 3 is 2.76 bits per heavy atom. The van der Waals surface area contributed by atoms with Gasteiger partial charge < -0.3 is 4.74 Å². The van der Waals surface area contributed by atoms with Crippen molar-refractivity contribution >= 4 is 22.6 Å². The molecule has 1 aromatic carbocycles. The number of hydrogen-bond donors (Lipinski definition) is 0. The third-order valence-electron chi connectivity index (χ3n) is 2.61. The van der Waals surface area contributed by atoms with Gasteiger partial charge in [-0.3, -0.25) is 0 Å². The Bertz CT molecular complexity index is 803. The van der Waals surface area contributed by atoms with Gasteiger partial charge in [-0.15, -0.1) is 13.2 Å². The Morgan fingerprint density at radius 2 is 2.00 bits per heavy atom. The summed E-state index contributed by atoms with van der Waals surface area (Å²) in [6.07, 6.45) is -2.07. The van der Waals surface area contributed by atoms with Crippen LogP contribution in [0, 0.1) is 0 Å². The minimum Gasteiger partial charge on any atom is -0.406 e. The first kappa shape index (κ1) is 13.6. The van der Waals surface area contributed by atoms with Crippen molar-refractivity contribution < 1.29 is 17.9 Å².